The van der Waals surface area contributed by atoms with Gasteiger partial charge in [-0.25, -0.2) is 12.8 Å². The van der Waals surface area contributed by atoms with Crippen molar-refractivity contribution in [3.05, 3.63) is 74.7 Å². The molecule has 0 bridgehead atoms. The van der Waals surface area contributed by atoms with E-state index in [1.807, 2.05) is 25.7 Å². The molecule has 0 amide bonds. The van der Waals surface area contributed by atoms with Gasteiger partial charge in [0.25, 0.3) is 10.0 Å². The number of nitrogens with zero attached hydrogens (tertiary/aromatic N) is 1. The number of Topliss-reactive ketones (excluding diaryl/α,β-unsaturated/α-hetero) is 1. The zero-order valence-corrected chi connectivity index (χ0v) is 20.6. The molecule has 0 unspecified atom stereocenters. The van der Waals surface area contributed by atoms with Crippen molar-refractivity contribution in [1.82, 2.24) is 0 Å². The van der Waals surface area contributed by atoms with Crippen LogP contribution in [-0.4, -0.2) is 27.3 Å². The van der Waals surface area contributed by atoms with E-state index in [2.05, 4.69) is 4.72 Å². The molecular weight excluding hydrogens is 459 g/mol. The Morgan fingerprint density at radius 1 is 1.09 bits per heavy atom. The fourth-order valence-corrected chi connectivity index (χ4v) is 6.26. The standard InChI is InChI=1S/C25H27FN2O3S2/c1-16-6-8-19(9-7-16)33(30,31)27-22-10-13-32-25(22)23(29)15-20-17(2)14-21(26)24(18(20)3)28-11-4-5-12-28/h6-10,13-14,27H,4-5,11-12,15H2,1-3H3. The number of halogens is 1. The number of aryl methyl sites for hydroxylation is 2. The van der Waals surface area contributed by atoms with Crippen LogP contribution in [0.3, 0.4) is 0 Å². The number of hydrogen-bond acceptors (Lipinski definition) is 5. The molecule has 2 heterocycles. The van der Waals surface area contributed by atoms with Crippen LogP contribution in [0, 0.1) is 26.6 Å². The fraction of sp³-hybridized carbons (Fsp3) is 0.320. The maximum absolute atomic E-state index is 14.8. The van der Waals surface area contributed by atoms with Gasteiger partial charge in [0, 0.05) is 19.5 Å². The van der Waals surface area contributed by atoms with Crippen LogP contribution in [0.15, 0.2) is 46.7 Å². The Morgan fingerprint density at radius 2 is 1.76 bits per heavy atom. The number of nitrogens with one attached hydrogen (secondary N) is 1. The molecule has 174 valence electrons. The number of benzene rings is 2. The molecule has 4 rings (SSSR count). The first kappa shape index (κ1) is 23.4. The Kier molecular flexibility index (Phi) is 6.59. The minimum absolute atomic E-state index is 0.0819. The van der Waals surface area contributed by atoms with E-state index in [0.29, 0.717) is 10.6 Å². The number of carbonyl (C=O) groups is 1. The molecule has 2 aromatic carbocycles. The third-order valence-corrected chi connectivity index (χ3v) is 8.44. The van der Waals surface area contributed by atoms with Gasteiger partial charge >= 0.3 is 0 Å². The second-order valence-electron chi connectivity index (χ2n) is 8.50. The minimum atomic E-state index is -3.82. The number of rotatable bonds is 7. The van der Waals surface area contributed by atoms with Crippen LogP contribution in [0.25, 0.3) is 0 Å². The van der Waals surface area contributed by atoms with E-state index in [1.54, 1.807) is 23.6 Å². The molecule has 1 aliphatic heterocycles. The number of anilines is 2. The number of carbonyl (C=O) groups excluding carboxylic acids is 1. The first-order chi connectivity index (χ1) is 15.7. The fourth-order valence-electron chi connectivity index (χ4n) is 4.33. The molecule has 0 atom stereocenters. The normalized spacial score (nSPS) is 14.0. The molecule has 1 aliphatic rings. The maximum atomic E-state index is 14.8. The van der Waals surface area contributed by atoms with Crippen LogP contribution < -0.4 is 9.62 Å². The molecule has 0 radical (unpaired) electrons. The Morgan fingerprint density at radius 3 is 2.42 bits per heavy atom. The molecule has 0 spiro atoms. The highest BCUT2D eigenvalue weighted by Gasteiger charge is 2.25. The summed E-state index contributed by atoms with van der Waals surface area (Å²) in [5.74, 6) is -0.456. The van der Waals surface area contributed by atoms with Crippen molar-refractivity contribution >= 4 is 38.5 Å². The smallest absolute Gasteiger partial charge is 0.261 e. The van der Waals surface area contributed by atoms with Crippen molar-refractivity contribution < 1.29 is 17.6 Å². The minimum Gasteiger partial charge on any atom is -0.369 e. The molecule has 1 saturated heterocycles. The molecule has 5 nitrogen and oxygen atoms in total. The zero-order valence-electron chi connectivity index (χ0n) is 18.9. The van der Waals surface area contributed by atoms with Gasteiger partial charge < -0.3 is 4.90 Å². The molecular formula is C25H27FN2O3S2. The lowest BCUT2D eigenvalue weighted by molar-refractivity contribution is 0.0997. The predicted molar refractivity (Wildman–Crippen MR) is 132 cm³/mol. The van der Waals surface area contributed by atoms with E-state index in [1.165, 1.54) is 29.5 Å². The van der Waals surface area contributed by atoms with Gasteiger partial charge in [-0.3, -0.25) is 9.52 Å². The van der Waals surface area contributed by atoms with Gasteiger partial charge in [0.15, 0.2) is 5.78 Å². The van der Waals surface area contributed by atoms with Gasteiger partial charge in [0.2, 0.25) is 0 Å². The average molecular weight is 487 g/mol. The largest absolute Gasteiger partial charge is 0.369 e. The van der Waals surface area contributed by atoms with Crippen LogP contribution in [0.4, 0.5) is 15.8 Å². The highest BCUT2D eigenvalue weighted by atomic mass is 32.2. The molecule has 33 heavy (non-hydrogen) atoms. The molecule has 0 aliphatic carbocycles. The number of hydrogen-bond donors (Lipinski definition) is 1. The van der Waals surface area contributed by atoms with E-state index in [0.717, 1.165) is 48.2 Å². The first-order valence-corrected chi connectivity index (χ1v) is 13.3. The van der Waals surface area contributed by atoms with E-state index in [9.17, 15) is 17.6 Å². The van der Waals surface area contributed by atoms with Gasteiger partial charge in [-0.05, 0) is 79.9 Å². The van der Waals surface area contributed by atoms with Crippen LogP contribution in [-0.2, 0) is 16.4 Å². The second-order valence-corrected chi connectivity index (χ2v) is 11.1. The number of thiophene rings is 1. The molecule has 3 aromatic rings. The summed E-state index contributed by atoms with van der Waals surface area (Å²) in [7, 11) is -3.82. The Labute approximate surface area is 198 Å². The van der Waals surface area contributed by atoms with E-state index < -0.39 is 10.0 Å². The first-order valence-electron chi connectivity index (χ1n) is 10.9. The summed E-state index contributed by atoms with van der Waals surface area (Å²) in [4.78, 5) is 15.8. The lowest BCUT2D eigenvalue weighted by atomic mass is 9.95. The number of sulfonamides is 1. The third-order valence-electron chi connectivity index (χ3n) is 6.11. The van der Waals surface area contributed by atoms with Crippen molar-refractivity contribution in [2.45, 2.75) is 44.9 Å². The summed E-state index contributed by atoms with van der Waals surface area (Å²) < 4.78 is 43.0. The lowest BCUT2D eigenvalue weighted by Gasteiger charge is -2.24. The van der Waals surface area contributed by atoms with Crippen molar-refractivity contribution in [3.8, 4) is 0 Å². The van der Waals surface area contributed by atoms with Crippen LogP contribution in [0.2, 0.25) is 0 Å². The van der Waals surface area contributed by atoms with Gasteiger partial charge in [-0.2, -0.15) is 0 Å². The second kappa shape index (κ2) is 9.27. The SMILES string of the molecule is Cc1ccc(S(=O)(=O)Nc2ccsc2C(=O)Cc2c(C)cc(F)c(N3CCCC3)c2C)cc1. The Balaban J connectivity index is 1.60. The summed E-state index contributed by atoms with van der Waals surface area (Å²) in [5.41, 5.74) is 4.10. The monoisotopic (exact) mass is 486 g/mol. The van der Waals surface area contributed by atoms with Crippen molar-refractivity contribution in [2.24, 2.45) is 0 Å². The van der Waals surface area contributed by atoms with Crippen LogP contribution in [0.5, 0.6) is 0 Å². The summed E-state index contributed by atoms with van der Waals surface area (Å²) in [6, 6.07) is 9.63. The Hall–Kier alpha value is -2.71. The molecule has 1 fully saturated rings. The van der Waals surface area contributed by atoms with Gasteiger partial charge in [0.1, 0.15) is 5.82 Å². The van der Waals surface area contributed by atoms with Gasteiger partial charge in [-0.1, -0.05) is 17.7 Å². The summed E-state index contributed by atoms with van der Waals surface area (Å²) in [6.07, 6.45) is 2.14. The van der Waals surface area contributed by atoms with Crippen molar-refractivity contribution in [1.29, 1.82) is 0 Å². The van der Waals surface area contributed by atoms with E-state index in [4.69, 9.17) is 0 Å². The summed E-state index contributed by atoms with van der Waals surface area (Å²) in [6.45, 7) is 7.17. The molecule has 1 N–H and O–H groups in total. The van der Waals surface area contributed by atoms with Crippen LogP contribution in [0.1, 0.15) is 44.8 Å². The van der Waals surface area contributed by atoms with Crippen molar-refractivity contribution in [2.75, 3.05) is 22.7 Å². The molecule has 8 heteroatoms. The quantitative estimate of drug-likeness (QED) is 0.439. The average Bonchev–Trinajstić information content (AvgIpc) is 3.43. The topological polar surface area (TPSA) is 66.5 Å². The number of ketones is 1. The molecule has 1 aromatic heterocycles. The summed E-state index contributed by atoms with van der Waals surface area (Å²) >= 11 is 1.20. The third kappa shape index (κ3) is 4.82. The summed E-state index contributed by atoms with van der Waals surface area (Å²) in [5, 5.41) is 1.69. The highest BCUT2D eigenvalue weighted by molar-refractivity contribution is 7.92. The Bertz CT molecular complexity index is 1290. The zero-order chi connectivity index (χ0) is 23.8. The van der Waals surface area contributed by atoms with Gasteiger partial charge in [-0.15, -0.1) is 11.3 Å². The lowest BCUT2D eigenvalue weighted by Crippen LogP contribution is -2.21. The predicted octanol–water partition coefficient (Wildman–Crippen LogP) is 5.64. The molecule has 0 saturated carbocycles. The van der Waals surface area contributed by atoms with Crippen LogP contribution >= 0.6 is 11.3 Å². The van der Waals surface area contributed by atoms with Crippen molar-refractivity contribution in [3.63, 3.8) is 0 Å². The van der Waals surface area contributed by atoms with E-state index in [-0.39, 0.29) is 28.6 Å². The van der Waals surface area contributed by atoms with E-state index >= 15 is 0 Å². The highest BCUT2D eigenvalue weighted by Crippen LogP contribution is 2.34. The van der Waals surface area contributed by atoms with Gasteiger partial charge in [0.05, 0.1) is 21.1 Å². The maximum Gasteiger partial charge on any atom is 0.261 e.